The smallest absolute Gasteiger partial charge is 0.343 e. The maximum absolute atomic E-state index is 13.8. The second-order valence-electron chi connectivity index (χ2n) is 9.61. The molecular formula is C31H23N3O8. The molecule has 11 heteroatoms. The molecule has 0 radical (unpaired) electrons. The fourth-order valence-corrected chi connectivity index (χ4v) is 5.24. The van der Waals surface area contributed by atoms with Crippen molar-refractivity contribution >= 4 is 34.8 Å². The third-order valence-corrected chi connectivity index (χ3v) is 7.17. The molecule has 4 aromatic carbocycles. The minimum atomic E-state index is -1.18. The van der Waals surface area contributed by atoms with Crippen molar-refractivity contribution in [3.8, 4) is 11.5 Å². The molecular weight excluding hydrogens is 542 g/mol. The van der Waals surface area contributed by atoms with E-state index in [1.807, 2.05) is 0 Å². The van der Waals surface area contributed by atoms with E-state index in [4.69, 9.17) is 14.3 Å². The van der Waals surface area contributed by atoms with Gasteiger partial charge >= 0.3 is 5.97 Å². The molecule has 0 aliphatic carbocycles. The topological polar surface area (TPSA) is 129 Å². The molecule has 2 heterocycles. The molecule has 0 bridgehead atoms. The van der Waals surface area contributed by atoms with Gasteiger partial charge in [0, 0.05) is 12.1 Å². The van der Waals surface area contributed by atoms with Crippen LogP contribution in [0.1, 0.15) is 22.0 Å². The van der Waals surface area contributed by atoms with Gasteiger partial charge in [0.05, 0.1) is 35.0 Å². The van der Waals surface area contributed by atoms with Crippen molar-refractivity contribution in [1.29, 1.82) is 0 Å². The Morgan fingerprint density at radius 3 is 2.21 bits per heavy atom. The molecule has 0 N–H and O–H groups in total. The van der Waals surface area contributed by atoms with E-state index in [0.29, 0.717) is 16.8 Å². The summed E-state index contributed by atoms with van der Waals surface area (Å²) in [6.45, 7) is 0. The molecule has 2 aliphatic rings. The Labute approximate surface area is 239 Å². The zero-order chi connectivity index (χ0) is 29.4. The molecule has 3 atom stereocenters. The summed E-state index contributed by atoms with van der Waals surface area (Å²) in [4.78, 5) is 58.2. The van der Waals surface area contributed by atoms with E-state index in [1.165, 1.54) is 36.4 Å². The number of non-ortho nitro benzene ring substituents is 1. The van der Waals surface area contributed by atoms with E-state index in [1.54, 1.807) is 78.9 Å². The van der Waals surface area contributed by atoms with Gasteiger partial charge in [-0.05, 0) is 48.0 Å². The fourth-order valence-electron chi connectivity index (χ4n) is 5.24. The summed E-state index contributed by atoms with van der Waals surface area (Å²) in [5.41, 5.74) is 1.36. The molecule has 6 rings (SSSR count). The number of esters is 1. The van der Waals surface area contributed by atoms with E-state index in [-0.39, 0.29) is 22.9 Å². The number of carbonyl (C=O) groups excluding carboxylic acids is 3. The van der Waals surface area contributed by atoms with Crippen LogP contribution in [0.5, 0.6) is 11.5 Å². The van der Waals surface area contributed by atoms with E-state index < -0.39 is 40.8 Å². The third kappa shape index (κ3) is 4.61. The highest BCUT2D eigenvalue weighted by Crippen LogP contribution is 2.49. The number of hydrogen-bond acceptors (Lipinski definition) is 9. The zero-order valence-electron chi connectivity index (χ0n) is 22.2. The van der Waals surface area contributed by atoms with Gasteiger partial charge in [0.15, 0.2) is 17.6 Å². The van der Waals surface area contributed by atoms with Gasteiger partial charge in [-0.2, -0.15) is 0 Å². The Balaban J connectivity index is 1.41. The van der Waals surface area contributed by atoms with Gasteiger partial charge in [-0.15, -0.1) is 0 Å². The van der Waals surface area contributed by atoms with Gasteiger partial charge in [-0.3, -0.25) is 24.5 Å². The lowest BCUT2D eigenvalue weighted by atomic mass is 9.90. The first-order chi connectivity index (χ1) is 20.4. The van der Waals surface area contributed by atoms with Crippen LogP contribution in [0.3, 0.4) is 0 Å². The highest BCUT2D eigenvalue weighted by atomic mass is 16.7. The Morgan fingerprint density at radius 2 is 1.52 bits per heavy atom. The first-order valence-electron chi connectivity index (χ1n) is 13.0. The van der Waals surface area contributed by atoms with Crippen LogP contribution in [0.15, 0.2) is 103 Å². The highest BCUT2D eigenvalue weighted by Gasteiger charge is 2.60. The Kier molecular flexibility index (Phi) is 6.85. The summed E-state index contributed by atoms with van der Waals surface area (Å²) in [6, 6.07) is 26.6. The normalized spacial score (nSPS) is 19.5. The number of ether oxygens (including phenoxy) is 2. The van der Waals surface area contributed by atoms with E-state index in [2.05, 4.69) is 0 Å². The molecule has 4 aromatic rings. The Bertz CT molecular complexity index is 1700. The second kappa shape index (κ2) is 10.8. The Hall–Kier alpha value is -5.55. The van der Waals surface area contributed by atoms with Crippen LogP contribution in [0, 0.1) is 16.0 Å². The van der Waals surface area contributed by atoms with Gasteiger partial charge in [0.25, 0.3) is 11.6 Å². The monoisotopic (exact) mass is 565 g/mol. The van der Waals surface area contributed by atoms with Crippen LogP contribution < -0.4 is 19.4 Å². The van der Waals surface area contributed by atoms with Crippen molar-refractivity contribution in [2.45, 2.75) is 12.1 Å². The second-order valence-corrected chi connectivity index (χ2v) is 9.61. The number of rotatable bonds is 7. The van der Waals surface area contributed by atoms with Crippen molar-refractivity contribution in [3.05, 3.63) is 124 Å². The van der Waals surface area contributed by atoms with Crippen molar-refractivity contribution in [1.82, 2.24) is 0 Å². The molecule has 2 saturated heterocycles. The van der Waals surface area contributed by atoms with Crippen LogP contribution in [-0.4, -0.2) is 35.9 Å². The summed E-state index contributed by atoms with van der Waals surface area (Å²) in [6.07, 6.45) is -1.18. The quantitative estimate of drug-likeness (QED) is 0.101. The summed E-state index contributed by atoms with van der Waals surface area (Å²) in [7, 11) is 1.41. The van der Waals surface area contributed by atoms with Crippen molar-refractivity contribution in [2.75, 3.05) is 17.1 Å². The van der Waals surface area contributed by atoms with E-state index in [9.17, 15) is 24.5 Å². The largest absolute Gasteiger partial charge is 0.493 e. The minimum absolute atomic E-state index is 0.146. The summed E-state index contributed by atoms with van der Waals surface area (Å²) >= 11 is 0. The van der Waals surface area contributed by atoms with Crippen LogP contribution in [-0.2, 0) is 14.4 Å². The number of carbonyl (C=O) groups is 3. The Morgan fingerprint density at radius 1 is 0.833 bits per heavy atom. The number of fused-ring (bicyclic) bond motifs is 1. The summed E-state index contributed by atoms with van der Waals surface area (Å²) in [5.74, 6) is -2.25. The van der Waals surface area contributed by atoms with Crippen molar-refractivity contribution in [3.63, 3.8) is 0 Å². The number of imide groups is 1. The van der Waals surface area contributed by atoms with Crippen LogP contribution in [0.2, 0.25) is 0 Å². The van der Waals surface area contributed by atoms with Crippen molar-refractivity contribution < 1.29 is 33.6 Å². The molecule has 210 valence electrons. The van der Waals surface area contributed by atoms with Gasteiger partial charge in [-0.25, -0.2) is 14.8 Å². The fraction of sp³-hybridized carbons (Fsp3) is 0.129. The lowest BCUT2D eigenvalue weighted by Gasteiger charge is -2.29. The standard InChI is InChI=1S/C31H23N3O8/c1-40-25-17-20(15-16-24(25)41-31(37)19-9-4-2-5-10-19)27-26-28(30(36)32(29(26)35)21-11-6-3-7-12-21)42-33(27)22-13-8-14-23(18-22)34(38)39/h2-18,26-28H,1H3/t26-,27-,28-/m1/s1. The number of methoxy groups -OCH3 is 1. The number of hydrogen-bond donors (Lipinski definition) is 0. The number of nitro groups is 1. The molecule has 42 heavy (non-hydrogen) atoms. The summed E-state index contributed by atoms with van der Waals surface area (Å²) in [5, 5.41) is 12.9. The number of benzene rings is 4. The summed E-state index contributed by atoms with van der Waals surface area (Å²) < 4.78 is 11.1. The number of hydroxylamine groups is 1. The van der Waals surface area contributed by atoms with Crippen LogP contribution in [0.25, 0.3) is 0 Å². The van der Waals surface area contributed by atoms with Crippen LogP contribution in [0.4, 0.5) is 17.1 Å². The van der Waals surface area contributed by atoms with Crippen molar-refractivity contribution in [2.24, 2.45) is 5.92 Å². The molecule has 0 unspecified atom stereocenters. The zero-order valence-corrected chi connectivity index (χ0v) is 22.2. The molecule has 0 spiro atoms. The molecule has 2 amide bonds. The molecule has 2 aliphatic heterocycles. The molecule has 11 nitrogen and oxygen atoms in total. The van der Waals surface area contributed by atoms with Gasteiger partial charge in [0.1, 0.15) is 5.92 Å². The predicted molar refractivity (Wildman–Crippen MR) is 150 cm³/mol. The van der Waals surface area contributed by atoms with Gasteiger partial charge in [-0.1, -0.05) is 48.5 Å². The first kappa shape index (κ1) is 26.7. The number of nitro benzene ring substituents is 1. The first-order valence-corrected chi connectivity index (χ1v) is 13.0. The number of nitrogens with zero attached hydrogens (tertiary/aromatic N) is 3. The number of amides is 2. The third-order valence-electron chi connectivity index (χ3n) is 7.17. The molecule has 2 fully saturated rings. The lowest BCUT2D eigenvalue weighted by molar-refractivity contribution is -0.384. The highest BCUT2D eigenvalue weighted by molar-refractivity contribution is 6.23. The lowest BCUT2D eigenvalue weighted by Crippen LogP contribution is -2.37. The average Bonchev–Trinajstić information content (AvgIpc) is 3.53. The van der Waals surface area contributed by atoms with Crippen LogP contribution >= 0.6 is 0 Å². The molecule has 0 saturated carbocycles. The maximum Gasteiger partial charge on any atom is 0.343 e. The minimum Gasteiger partial charge on any atom is -0.493 e. The predicted octanol–water partition coefficient (Wildman–Crippen LogP) is 4.87. The average molecular weight is 566 g/mol. The number of para-hydroxylation sites is 1. The number of anilines is 2. The van der Waals surface area contributed by atoms with E-state index >= 15 is 0 Å². The van der Waals surface area contributed by atoms with Gasteiger partial charge in [0.2, 0.25) is 5.91 Å². The van der Waals surface area contributed by atoms with E-state index in [0.717, 1.165) is 4.90 Å². The maximum atomic E-state index is 13.8. The van der Waals surface area contributed by atoms with Gasteiger partial charge < -0.3 is 9.47 Å². The molecule has 0 aromatic heterocycles. The SMILES string of the molecule is COc1cc([C@@H]2[C@H]3C(=O)N(c4ccccc4)C(=O)[C@@H]3ON2c2cccc([N+](=O)[O-])c2)ccc1OC(=O)c1ccccc1.